The van der Waals surface area contributed by atoms with E-state index in [0.29, 0.717) is 25.3 Å². The van der Waals surface area contributed by atoms with Gasteiger partial charge in [0.05, 0.1) is 19.1 Å². The molecule has 0 aliphatic carbocycles. The minimum absolute atomic E-state index is 0.0556. The highest BCUT2D eigenvalue weighted by Gasteiger charge is 2.23. The van der Waals surface area contributed by atoms with Crippen molar-refractivity contribution in [3.63, 3.8) is 0 Å². The quantitative estimate of drug-likeness (QED) is 0.754. The molecule has 0 bridgehead atoms. The molecule has 1 aromatic rings. The number of rotatable bonds is 5. The first kappa shape index (κ1) is 16.4. The molecule has 0 aromatic heterocycles. The summed E-state index contributed by atoms with van der Waals surface area (Å²) in [4.78, 5) is 13.9. The second-order valence-corrected chi connectivity index (χ2v) is 5.86. The van der Waals surface area contributed by atoms with Crippen molar-refractivity contribution in [2.24, 2.45) is 0 Å². The van der Waals surface area contributed by atoms with Gasteiger partial charge in [-0.2, -0.15) is 0 Å². The van der Waals surface area contributed by atoms with Gasteiger partial charge >= 0.3 is 0 Å². The van der Waals surface area contributed by atoms with Gasteiger partial charge in [0.15, 0.2) is 11.6 Å². The predicted molar refractivity (Wildman–Crippen MR) is 79.4 cm³/mol. The first-order valence-electron chi connectivity index (χ1n) is 6.99. The number of alkyl halides is 1. The third-order valence-corrected chi connectivity index (χ3v) is 3.89. The van der Waals surface area contributed by atoms with E-state index in [-0.39, 0.29) is 18.4 Å². The van der Waals surface area contributed by atoms with E-state index in [1.807, 2.05) is 0 Å². The van der Waals surface area contributed by atoms with Gasteiger partial charge in [0.25, 0.3) is 0 Å². The molecular weight excluding hydrogens is 344 g/mol. The van der Waals surface area contributed by atoms with Crippen molar-refractivity contribution in [3.05, 3.63) is 35.4 Å². The van der Waals surface area contributed by atoms with Crippen LogP contribution in [0.2, 0.25) is 0 Å². The maximum Gasteiger partial charge on any atom is 0.226 e. The third-order valence-electron chi connectivity index (χ3n) is 3.56. The van der Waals surface area contributed by atoms with Crippen LogP contribution in [0.5, 0.6) is 0 Å². The Bertz CT molecular complexity index is 491. The minimum Gasteiger partial charge on any atom is -0.377 e. The first-order chi connectivity index (χ1) is 10.1. The number of nitrogens with zero attached hydrogens (tertiary/aromatic N) is 1. The number of halogens is 3. The number of ether oxygens (including phenoxy) is 1. The molecular formula is C15H18BrF2NO2. The Morgan fingerprint density at radius 2 is 2.00 bits per heavy atom. The van der Waals surface area contributed by atoms with Gasteiger partial charge in [-0.1, -0.05) is 22.0 Å². The van der Waals surface area contributed by atoms with Crippen molar-refractivity contribution in [3.8, 4) is 0 Å². The zero-order valence-electron chi connectivity index (χ0n) is 11.7. The predicted octanol–water partition coefficient (Wildman–Crippen LogP) is 2.91. The van der Waals surface area contributed by atoms with Crippen LogP contribution in [0.4, 0.5) is 8.78 Å². The summed E-state index contributed by atoms with van der Waals surface area (Å²) in [5.74, 6) is -1.86. The topological polar surface area (TPSA) is 29.5 Å². The van der Waals surface area contributed by atoms with E-state index in [0.717, 1.165) is 30.3 Å². The Morgan fingerprint density at radius 3 is 2.62 bits per heavy atom. The van der Waals surface area contributed by atoms with Crippen molar-refractivity contribution in [1.29, 1.82) is 0 Å². The van der Waals surface area contributed by atoms with Crippen LogP contribution in [0.25, 0.3) is 0 Å². The molecule has 0 unspecified atom stereocenters. The van der Waals surface area contributed by atoms with E-state index in [9.17, 15) is 13.6 Å². The van der Waals surface area contributed by atoms with Crippen LogP contribution in [0, 0.1) is 11.6 Å². The summed E-state index contributed by atoms with van der Waals surface area (Å²) in [5.41, 5.74) is 0.497. The summed E-state index contributed by atoms with van der Waals surface area (Å²) < 4.78 is 31.6. The lowest BCUT2D eigenvalue weighted by atomic mass is 10.1. The van der Waals surface area contributed by atoms with Crippen LogP contribution in [0.3, 0.4) is 0 Å². The van der Waals surface area contributed by atoms with Crippen molar-refractivity contribution >= 4 is 21.8 Å². The fraction of sp³-hybridized carbons (Fsp3) is 0.533. The van der Waals surface area contributed by atoms with Crippen LogP contribution in [-0.4, -0.2) is 41.9 Å². The normalized spacial score (nSPS) is 16.2. The molecule has 3 nitrogen and oxygen atoms in total. The highest BCUT2D eigenvalue weighted by Crippen LogP contribution is 2.16. The maximum absolute atomic E-state index is 13.1. The Hall–Kier alpha value is -1.01. The van der Waals surface area contributed by atoms with E-state index < -0.39 is 11.6 Å². The van der Waals surface area contributed by atoms with Gasteiger partial charge in [0.1, 0.15) is 0 Å². The monoisotopic (exact) mass is 361 g/mol. The number of hydrogen-bond acceptors (Lipinski definition) is 2. The molecule has 1 amide bonds. The summed E-state index contributed by atoms with van der Waals surface area (Å²) in [7, 11) is 0. The molecule has 0 radical (unpaired) electrons. The van der Waals surface area contributed by atoms with Crippen molar-refractivity contribution in [1.82, 2.24) is 4.90 Å². The smallest absolute Gasteiger partial charge is 0.226 e. The fourth-order valence-corrected chi connectivity index (χ4v) is 2.61. The second-order valence-electron chi connectivity index (χ2n) is 5.07. The van der Waals surface area contributed by atoms with Crippen molar-refractivity contribution < 1.29 is 18.3 Å². The van der Waals surface area contributed by atoms with Crippen LogP contribution in [0.15, 0.2) is 18.2 Å². The molecule has 1 heterocycles. The second kappa shape index (κ2) is 7.84. The van der Waals surface area contributed by atoms with Gasteiger partial charge in [-0.15, -0.1) is 0 Å². The zero-order chi connectivity index (χ0) is 15.2. The molecule has 1 saturated heterocycles. The van der Waals surface area contributed by atoms with E-state index in [1.54, 1.807) is 4.90 Å². The average molecular weight is 362 g/mol. The lowest BCUT2D eigenvalue weighted by Gasteiger charge is -2.32. The Balaban J connectivity index is 1.83. The van der Waals surface area contributed by atoms with E-state index in [4.69, 9.17) is 4.74 Å². The van der Waals surface area contributed by atoms with Crippen LogP contribution in [0.1, 0.15) is 18.4 Å². The molecule has 0 spiro atoms. The molecule has 1 fully saturated rings. The van der Waals surface area contributed by atoms with Crippen LogP contribution in [-0.2, 0) is 16.0 Å². The van der Waals surface area contributed by atoms with Gasteiger partial charge in [0.2, 0.25) is 5.91 Å². The number of likely N-dealkylation sites (tertiary alicyclic amines) is 1. The third kappa shape index (κ3) is 4.74. The van der Waals surface area contributed by atoms with E-state index in [2.05, 4.69) is 15.9 Å². The van der Waals surface area contributed by atoms with Crippen molar-refractivity contribution in [2.75, 3.05) is 25.0 Å². The fourth-order valence-electron chi connectivity index (χ4n) is 2.42. The molecule has 0 N–H and O–H groups in total. The first-order valence-corrected chi connectivity index (χ1v) is 8.11. The largest absolute Gasteiger partial charge is 0.377 e. The Labute approximate surface area is 131 Å². The average Bonchev–Trinajstić information content (AvgIpc) is 2.49. The number of carbonyl (C=O) groups is 1. The summed E-state index contributed by atoms with van der Waals surface area (Å²) in [6.45, 7) is 1.97. The van der Waals surface area contributed by atoms with Crippen LogP contribution < -0.4 is 0 Å². The molecule has 116 valence electrons. The lowest BCUT2D eigenvalue weighted by Crippen LogP contribution is -2.41. The SMILES string of the molecule is O=C(Cc1ccc(F)c(F)c1)N1CCC(OCCBr)CC1. The van der Waals surface area contributed by atoms with Gasteiger partial charge in [-0.25, -0.2) is 8.78 Å². The minimum atomic E-state index is -0.915. The highest BCUT2D eigenvalue weighted by atomic mass is 79.9. The molecule has 1 aliphatic rings. The van der Waals surface area contributed by atoms with Gasteiger partial charge in [0, 0.05) is 18.4 Å². The van der Waals surface area contributed by atoms with Gasteiger partial charge < -0.3 is 9.64 Å². The molecule has 1 aromatic carbocycles. The molecule has 2 rings (SSSR count). The van der Waals surface area contributed by atoms with E-state index in [1.165, 1.54) is 6.07 Å². The number of benzene rings is 1. The maximum atomic E-state index is 13.1. The van der Waals surface area contributed by atoms with Gasteiger partial charge in [-0.3, -0.25) is 4.79 Å². The summed E-state index contributed by atoms with van der Waals surface area (Å²) in [6, 6.07) is 3.58. The number of amides is 1. The number of hydrogen-bond donors (Lipinski definition) is 0. The molecule has 6 heteroatoms. The van der Waals surface area contributed by atoms with Gasteiger partial charge in [-0.05, 0) is 30.5 Å². The Kier molecular flexibility index (Phi) is 6.11. The summed E-state index contributed by atoms with van der Waals surface area (Å²) in [6.07, 6.45) is 1.94. The van der Waals surface area contributed by atoms with Crippen LogP contribution >= 0.6 is 15.9 Å². The van der Waals surface area contributed by atoms with E-state index >= 15 is 0 Å². The Morgan fingerprint density at radius 1 is 1.29 bits per heavy atom. The summed E-state index contributed by atoms with van der Waals surface area (Å²) in [5, 5.41) is 0.808. The van der Waals surface area contributed by atoms with Crippen molar-refractivity contribution in [2.45, 2.75) is 25.4 Å². The highest BCUT2D eigenvalue weighted by molar-refractivity contribution is 9.09. The molecule has 0 atom stereocenters. The number of piperidine rings is 1. The zero-order valence-corrected chi connectivity index (χ0v) is 13.2. The lowest BCUT2D eigenvalue weighted by molar-refractivity contribution is -0.133. The molecule has 0 saturated carbocycles. The number of carbonyl (C=O) groups excluding carboxylic acids is 1. The molecule has 1 aliphatic heterocycles. The molecule has 21 heavy (non-hydrogen) atoms. The summed E-state index contributed by atoms with van der Waals surface area (Å²) >= 11 is 3.31. The standard InChI is InChI=1S/C15H18BrF2NO2/c16-5-8-21-12-3-6-19(7-4-12)15(20)10-11-1-2-13(17)14(18)9-11/h1-2,9,12H,3-8,10H2.